The quantitative estimate of drug-likeness (QED) is 0.706. The van der Waals surface area contributed by atoms with Crippen molar-refractivity contribution in [2.45, 2.75) is 25.5 Å². The first kappa shape index (κ1) is 19.1. The van der Waals surface area contributed by atoms with Gasteiger partial charge in [-0.15, -0.1) is 0 Å². The van der Waals surface area contributed by atoms with E-state index in [-0.39, 0.29) is 12.0 Å². The monoisotopic (exact) mass is 375 g/mol. The van der Waals surface area contributed by atoms with Crippen LogP contribution in [0.4, 0.5) is 0 Å². The van der Waals surface area contributed by atoms with Gasteiger partial charge >= 0.3 is 0 Å². The zero-order valence-corrected chi connectivity index (χ0v) is 15.9. The van der Waals surface area contributed by atoms with Crippen LogP contribution in [-0.4, -0.2) is 51.4 Å². The smallest absolute Gasteiger partial charge is 0.289 e. The van der Waals surface area contributed by atoms with Crippen LogP contribution in [0, 0.1) is 0 Å². The Morgan fingerprint density at radius 3 is 2.44 bits per heavy atom. The van der Waals surface area contributed by atoms with Gasteiger partial charge in [0, 0.05) is 19.7 Å². The molecular formula is C20H25NO6. The third kappa shape index (κ3) is 4.36. The van der Waals surface area contributed by atoms with Crippen LogP contribution in [0.5, 0.6) is 17.2 Å². The molecule has 1 aliphatic rings. The summed E-state index contributed by atoms with van der Waals surface area (Å²) >= 11 is 0. The molecule has 1 aromatic carbocycles. The average Bonchev–Trinajstić information content (AvgIpc) is 3.40. The molecule has 7 nitrogen and oxygen atoms in total. The molecule has 0 N–H and O–H groups in total. The second-order valence-electron chi connectivity index (χ2n) is 6.33. The summed E-state index contributed by atoms with van der Waals surface area (Å²) in [6.45, 7) is 1.60. The average molecular weight is 375 g/mol. The van der Waals surface area contributed by atoms with E-state index in [1.807, 2.05) is 12.1 Å². The second-order valence-corrected chi connectivity index (χ2v) is 6.33. The summed E-state index contributed by atoms with van der Waals surface area (Å²) in [6, 6.07) is 7.06. The summed E-state index contributed by atoms with van der Waals surface area (Å²) in [7, 11) is 4.70. The van der Waals surface area contributed by atoms with Gasteiger partial charge in [0.25, 0.3) is 5.91 Å². The normalized spacial score (nSPS) is 16.2. The van der Waals surface area contributed by atoms with E-state index in [0.29, 0.717) is 36.1 Å². The van der Waals surface area contributed by atoms with Gasteiger partial charge in [-0.05, 0) is 42.7 Å². The summed E-state index contributed by atoms with van der Waals surface area (Å²) in [4.78, 5) is 14.7. The second kappa shape index (κ2) is 8.81. The van der Waals surface area contributed by atoms with E-state index >= 15 is 0 Å². The number of ether oxygens (including phenoxy) is 4. The number of rotatable bonds is 8. The van der Waals surface area contributed by atoms with Gasteiger partial charge in [-0.25, -0.2) is 0 Å². The Kier molecular flexibility index (Phi) is 6.24. The highest BCUT2D eigenvalue weighted by molar-refractivity contribution is 5.91. The maximum Gasteiger partial charge on any atom is 0.289 e. The van der Waals surface area contributed by atoms with E-state index in [1.54, 1.807) is 38.4 Å². The summed E-state index contributed by atoms with van der Waals surface area (Å²) in [5, 5.41) is 0. The molecule has 1 aromatic heterocycles. The lowest BCUT2D eigenvalue weighted by atomic mass is 10.1. The maximum absolute atomic E-state index is 12.9. The largest absolute Gasteiger partial charge is 0.493 e. The number of amides is 1. The molecule has 0 spiro atoms. The fourth-order valence-electron chi connectivity index (χ4n) is 3.26. The molecule has 1 saturated heterocycles. The highest BCUT2D eigenvalue weighted by Gasteiger charge is 2.26. The molecule has 27 heavy (non-hydrogen) atoms. The number of carbonyl (C=O) groups excluding carboxylic acids is 1. The first-order valence-corrected chi connectivity index (χ1v) is 8.89. The molecule has 0 aliphatic carbocycles. The van der Waals surface area contributed by atoms with Gasteiger partial charge in [0.05, 0.1) is 33.7 Å². The van der Waals surface area contributed by atoms with Crippen LogP contribution in [0.15, 0.2) is 34.9 Å². The highest BCUT2D eigenvalue weighted by atomic mass is 16.5. The lowest BCUT2D eigenvalue weighted by Crippen LogP contribution is -2.36. The van der Waals surface area contributed by atoms with E-state index < -0.39 is 0 Å². The lowest BCUT2D eigenvalue weighted by molar-refractivity contribution is 0.0483. The molecule has 1 fully saturated rings. The molecule has 0 saturated carbocycles. The fraction of sp³-hybridized carbons (Fsp3) is 0.450. The summed E-state index contributed by atoms with van der Waals surface area (Å²) < 4.78 is 27.2. The Bertz CT molecular complexity index is 727. The summed E-state index contributed by atoms with van der Waals surface area (Å²) in [5.41, 5.74) is 0.863. The van der Waals surface area contributed by atoms with Crippen molar-refractivity contribution in [2.75, 3.05) is 34.5 Å². The molecule has 2 aromatic rings. The minimum absolute atomic E-state index is 0.0333. The van der Waals surface area contributed by atoms with E-state index in [1.165, 1.54) is 6.26 Å². The Balaban J connectivity index is 1.87. The zero-order chi connectivity index (χ0) is 19.2. The van der Waals surface area contributed by atoms with Crippen LogP contribution in [0.1, 0.15) is 29.0 Å². The topological polar surface area (TPSA) is 70.4 Å². The molecule has 7 heteroatoms. The van der Waals surface area contributed by atoms with Gasteiger partial charge in [0.15, 0.2) is 17.3 Å². The van der Waals surface area contributed by atoms with Crippen LogP contribution in [0.3, 0.4) is 0 Å². The van der Waals surface area contributed by atoms with Crippen molar-refractivity contribution in [2.24, 2.45) is 0 Å². The van der Waals surface area contributed by atoms with E-state index in [9.17, 15) is 4.79 Å². The van der Waals surface area contributed by atoms with Gasteiger partial charge in [-0.3, -0.25) is 4.79 Å². The lowest BCUT2D eigenvalue weighted by Gasteiger charge is -2.25. The number of nitrogens with zero attached hydrogens (tertiary/aromatic N) is 1. The molecule has 0 radical (unpaired) electrons. The van der Waals surface area contributed by atoms with Gasteiger partial charge in [-0.1, -0.05) is 0 Å². The number of carbonyl (C=O) groups is 1. The molecule has 0 bridgehead atoms. The molecule has 1 aliphatic heterocycles. The van der Waals surface area contributed by atoms with Crippen molar-refractivity contribution < 1.29 is 28.2 Å². The standard InChI is InChI=1S/C20H25NO6/c1-23-17-10-14(11-18(24-2)19(17)25-3)12-21(13-15-6-4-8-26-15)20(22)16-7-5-9-27-16/h5,7,9-11,15H,4,6,8,12-13H2,1-3H3/t15-/m1/s1. The maximum atomic E-state index is 12.9. The van der Waals surface area contributed by atoms with Gasteiger partial charge < -0.3 is 28.3 Å². The number of furan rings is 1. The van der Waals surface area contributed by atoms with Crippen LogP contribution in [0.2, 0.25) is 0 Å². The highest BCUT2D eigenvalue weighted by Crippen LogP contribution is 2.38. The van der Waals surface area contributed by atoms with E-state index in [2.05, 4.69) is 0 Å². The molecular weight excluding hydrogens is 350 g/mol. The van der Waals surface area contributed by atoms with Crippen molar-refractivity contribution >= 4 is 5.91 Å². The fourth-order valence-corrected chi connectivity index (χ4v) is 3.26. The Morgan fingerprint density at radius 1 is 1.19 bits per heavy atom. The van der Waals surface area contributed by atoms with Gasteiger partial charge in [0.2, 0.25) is 5.75 Å². The molecule has 1 amide bonds. The Hall–Kier alpha value is -2.67. The summed E-state index contributed by atoms with van der Waals surface area (Å²) in [6.07, 6.45) is 3.48. The summed E-state index contributed by atoms with van der Waals surface area (Å²) in [5.74, 6) is 1.75. The number of benzene rings is 1. The molecule has 1 atom stereocenters. The van der Waals surface area contributed by atoms with Gasteiger partial charge in [-0.2, -0.15) is 0 Å². The Morgan fingerprint density at radius 2 is 1.93 bits per heavy atom. The van der Waals surface area contributed by atoms with Crippen molar-refractivity contribution in [3.63, 3.8) is 0 Å². The SMILES string of the molecule is COc1cc(CN(C[C@H]2CCCO2)C(=O)c2ccco2)cc(OC)c1OC. The van der Waals surface area contributed by atoms with Crippen molar-refractivity contribution in [3.05, 3.63) is 41.9 Å². The first-order valence-electron chi connectivity index (χ1n) is 8.89. The van der Waals surface area contributed by atoms with E-state index in [4.69, 9.17) is 23.4 Å². The molecule has 146 valence electrons. The van der Waals surface area contributed by atoms with E-state index in [0.717, 1.165) is 25.0 Å². The van der Waals surface area contributed by atoms with Crippen molar-refractivity contribution in [1.29, 1.82) is 0 Å². The number of methoxy groups -OCH3 is 3. The van der Waals surface area contributed by atoms with Crippen LogP contribution < -0.4 is 14.2 Å². The number of hydrogen-bond acceptors (Lipinski definition) is 6. The third-order valence-corrected chi connectivity index (χ3v) is 4.57. The van der Waals surface area contributed by atoms with Gasteiger partial charge in [0.1, 0.15) is 0 Å². The minimum atomic E-state index is -0.177. The van der Waals surface area contributed by atoms with Crippen LogP contribution in [-0.2, 0) is 11.3 Å². The van der Waals surface area contributed by atoms with Crippen molar-refractivity contribution in [3.8, 4) is 17.2 Å². The molecule has 0 unspecified atom stereocenters. The third-order valence-electron chi connectivity index (χ3n) is 4.57. The molecule has 2 heterocycles. The van der Waals surface area contributed by atoms with Crippen molar-refractivity contribution in [1.82, 2.24) is 4.90 Å². The zero-order valence-electron chi connectivity index (χ0n) is 15.9. The predicted octanol–water partition coefficient (Wildman–Crippen LogP) is 3.13. The predicted molar refractivity (Wildman–Crippen MR) is 98.5 cm³/mol. The van der Waals surface area contributed by atoms with Crippen LogP contribution >= 0.6 is 0 Å². The molecule has 3 rings (SSSR count). The first-order chi connectivity index (χ1) is 13.2. The minimum Gasteiger partial charge on any atom is -0.493 e. The van der Waals surface area contributed by atoms with Crippen LogP contribution in [0.25, 0.3) is 0 Å². The number of hydrogen-bond donors (Lipinski definition) is 0. The Labute approximate surface area is 158 Å².